The van der Waals surface area contributed by atoms with Gasteiger partial charge in [-0.15, -0.1) is 0 Å². The van der Waals surface area contributed by atoms with Gasteiger partial charge in [-0.1, -0.05) is 0 Å². The van der Waals surface area contributed by atoms with E-state index < -0.39 is 0 Å². The molecule has 0 spiro atoms. The molecule has 0 saturated heterocycles. The molecule has 0 aliphatic heterocycles. The van der Waals surface area contributed by atoms with E-state index in [0.717, 1.165) is 6.61 Å². The highest BCUT2D eigenvalue weighted by molar-refractivity contribution is 4.77. The zero-order chi connectivity index (χ0) is 9.07. The Morgan fingerprint density at radius 3 is 2.09 bits per heavy atom. The van der Waals surface area contributed by atoms with Gasteiger partial charge >= 0.3 is 0 Å². The molecule has 11 heavy (non-hydrogen) atoms. The third kappa shape index (κ3) is 3.73. The molecular weight excluding hydrogens is 138 g/mol. The molecule has 0 rings (SSSR count). The Kier molecular flexibility index (Phi) is 4.04. The van der Waals surface area contributed by atoms with Crippen LogP contribution in [0.5, 0.6) is 0 Å². The lowest BCUT2D eigenvalue weighted by Gasteiger charge is -2.36. The molecule has 0 saturated carbocycles. The van der Waals surface area contributed by atoms with E-state index in [4.69, 9.17) is 4.74 Å². The second-order valence-corrected chi connectivity index (χ2v) is 4.09. The number of hydrogen-bond acceptors (Lipinski definition) is 2. The van der Waals surface area contributed by atoms with Gasteiger partial charge in [0.15, 0.2) is 0 Å². The molecule has 68 valence electrons. The van der Waals surface area contributed by atoms with Crippen LogP contribution in [0.2, 0.25) is 0 Å². The fourth-order valence-corrected chi connectivity index (χ4v) is 1.01. The summed E-state index contributed by atoms with van der Waals surface area (Å²) in [5.74, 6) is 0. The van der Waals surface area contributed by atoms with Gasteiger partial charge in [0.2, 0.25) is 0 Å². The fourth-order valence-electron chi connectivity index (χ4n) is 1.01. The van der Waals surface area contributed by atoms with Crippen molar-refractivity contribution in [2.45, 2.75) is 39.3 Å². The Balaban J connectivity index is 3.91. The highest BCUT2D eigenvalue weighted by Crippen LogP contribution is 2.13. The maximum atomic E-state index is 5.08. The van der Waals surface area contributed by atoms with Crippen molar-refractivity contribution in [3.63, 3.8) is 0 Å². The van der Waals surface area contributed by atoms with Gasteiger partial charge in [0, 0.05) is 18.7 Å². The van der Waals surface area contributed by atoms with Crippen LogP contribution in [0, 0.1) is 0 Å². The highest BCUT2D eigenvalue weighted by Gasteiger charge is 2.21. The number of likely N-dealkylation sites (N-methyl/N-ethyl adjacent to an activating group) is 1. The summed E-state index contributed by atoms with van der Waals surface area (Å²) < 4.78 is 5.08. The summed E-state index contributed by atoms with van der Waals surface area (Å²) in [6.45, 7) is 9.60. The quantitative estimate of drug-likeness (QED) is 0.622. The molecule has 1 unspecified atom stereocenters. The van der Waals surface area contributed by atoms with E-state index in [-0.39, 0.29) is 5.54 Å². The number of methoxy groups -OCH3 is 1. The Hall–Kier alpha value is -0.0800. The third-order valence-electron chi connectivity index (χ3n) is 2.13. The van der Waals surface area contributed by atoms with Gasteiger partial charge in [0.05, 0.1) is 6.61 Å². The van der Waals surface area contributed by atoms with E-state index in [2.05, 4.69) is 39.6 Å². The maximum Gasteiger partial charge on any atom is 0.0615 e. The highest BCUT2D eigenvalue weighted by atomic mass is 16.5. The van der Waals surface area contributed by atoms with E-state index in [1.165, 1.54) is 0 Å². The molecule has 0 fully saturated rings. The van der Waals surface area contributed by atoms with Crippen molar-refractivity contribution in [2.24, 2.45) is 0 Å². The van der Waals surface area contributed by atoms with Crippen molar-refractivity contribution < 1.29 is 4.74 Å². The van der Waals surface area contributed by atoms with Crippen LogP contribution in [0.4, 0.5) is 0 Å². The van der Waals surface area contributed by atoms with Crippen molar-refractivity contribution in [2.75, 3.05) is 20.8 Å². The molecule has 0 heterocycles. The SMILES string of the molecule is COCC(C)N(C)C(C)(C)C. The summed E-state index contributed by atoms with van der Waals surface area (Å²) in [7, 11) is 3.87. The number of nitrogens with zero attached hydrogens (tertiary/aromatic N) is 1. The Bertz CT molecular complexity index is 107. The molecule has 0 aliphatic carbocycles. The molecule has 2 nitrogen and oxygen atoms in total. The predicted octanol–water partition coefficient (Wildman–Crippen LogP) is 1.75. The van der Waals surface area contributed by atoms with Crippen LogP contribution < -0.4 is 0 Å². The van der Waals surface area contributed by atoms with Crippen molar-refractivity contribution in [3.05, 3.63) is 0 Å². The molecule has 0 aromatic heterocycles. The van der Waals surface area contributed by atoms with Gasteiger partial charge in [0.1, 0.15) is 0 Å². The summed E-state index contributed by atoms with van der Waals surface area (Å²) in [6.07, 6.45) is 0. The number of rotatable bonds is 3. The lowest BCUT2D eigenvalue weighted by molar-refractivity contribution is 0.0614. The van der Waals surface area contributed by atoms with Crippen molar-refractivity contribution in [1.82, 2.24) is 4.90 Å². The third-order valence-corrected chi connectivity index (χ3v) is 2.13. The van der Waals surface area contributed by atoms with E-state index in [1.807, 2.05) is 0 Å². The van der Waals surface area contributed by atoms with E-state index >= 15 is 0 Å². The summed E-state index contributed by atoms with van der Waals surface area (Å²) in [5.41, 5.74) is 0.234. The minimum absolute atomic E-state index is 0.234. The Morgan fingerprint density at radius 2 is 1.82 bits per heavy atom. The topological polar surface area (TPSA) is 12.5 Å². The van der Waals surface area contributed by atoms with Crippen LogP contribution in [0.25, 0.3) is 0 Å². The maximum absolute atomic E-state index is 5.08. The monoisotopic (exact) mass is 159 g/mol. The molecule has 1 atom stereocenters. The van der Waals surface area contributed by atoms with Crippen LogP contribution in [0.1, 0.15) is 27.7 Å². The molecular formula is C9H21NO. The average molecular weight is 159 g/mol. The van der Waals surface area contributed by atoms with Gasteiger partial charge in [-0.2, -0.15) is 0 Å². The lowest BCUT2D eigenvalue weighted by atomic mass is 10.1. The first-order chi connectivity index (χ1) is 4.89. The molecule has 2 heteroatoms. The largest absolute Gasteiger partial charge is 0.383 e. The fraction of sp³-hybridized carbons (Fsp3) is 1.00. The van der Waals surface area contributed by atoms with Crippen LogP contribution in [0.15, 0.2) is 0 Å². The molecule has 0 aliphatic rings. The van der Waals surface area contributed by atoms with E-state index in [9.17, 15) is 0 Å². The second kappa shape index (κ2) is 4.07. The molecule has 0 aromatic rings. The van der Waals surface area contributed by atoms with Crippen LogP contribution >= 0.6 is 0 Å². The standard InChI is InChI=1S/C9H21NO/c1-8(7-11-6)10(5)9(2,3)4/h8H,7H2,1-6H3. The van der Waals surface area contributed by atoms with E-state index in [1.54, 1.807) is 7.11 Å². The zero-order valence-electron chi connectivity index (χ0n) is 8.64. The smallest absolute Gasteiger partial charge is 0.0615 e. The first kappa shape index (κ1) is 10.9. The molecule has 0 aromatic carbocycles. The second-order valence-electron chi connectivity index (χ2n) is 4.09. The van der Waals surface area contributed by atoms with Crippen LogP contribution in [-0.4, -0.2) is 37.2 Å². The van der Waals surface area contributed by atoms with Crippen molar-refractivity contribution in [1.29, 1.82) is 0 Å². The summed E-state index contributed by atoms with van der Waals surface area (Å²) in [5, 5.41) is 0. The first-order valence-electron chi connectivity index (χ1n) is 4.11. The van der Waals surface area contributed by atoms with Crippen molar-refractivity contribution in [3.8, 4) is 0 Å². The minimum Gasteiger partial charge on any atom is -0.383 e. The molecule has 0 N–H and O–H groups in total. The summed E-state index contributed by atoms with van der Waals surface area (Å²) >= 11 is 0. The summed E-state index contributed by atoms with van der Waals surface area (Å²) in [6, 6.07) is 0.486. The van der Waals surface area contributed by atoms with Gasteiger partial charge < -0.3 is 4.74 Å². The van der Waals surface area contributed by atoms with Crippen LogP contribution in [0.3, 0.4) is 0 Å². The normalized spacial score (nSPS) is 15.5. The lowest BCUT2D eigenvalue weighted by Crippen LogP contribution is -2.45. The molecule has 0 radical (unpaired) electrons. The average Bonchev–Trinajstić information content (AvgIpc) is 1.85. The Morgan fingerprint density at radius 1 is 1.36 bits per heavy atom. The molecule has 0 bridgehead atoms. The Labute approximate surface area is 70.5 Å². The predicted molar refractivity (Wildman–Crippen MR) is 48.9 cm³/mol. The van der Waals surface area contributed by atoms with Crippen molar-refractivity contribution >= 4 is 0 Å². The molecule has 0 amide bonds. The van der Waals surface area contributed by atoms with Gasteiger partial charge in [-0.05, 0) is 34.7 Å². The van der Waals surface area contributed by atoms with Gasteiger partial charge in [-0.25, -0.2) is 0 Å². The van der Waals surface area contributed by atoms with Crippen LogP contribution in [-0.2, 0) is 4.74 Å². The first-order valence-corrected chi connectivity index (χ1v) is 4.11. The zero-order valence-corrected chi connectivity index (χ0v) is 8.64. The van der Waals surface area contributed by atoms with Gasteiger partial charge in [0.25, 0.3) is 0 Å². The number of ether oxygens (including phenoxy) is 1. The van der Waals surface area contributed by atoms with E-state index in [0.29, 0.717) is 6.04 Å². The summed E-state index contributed by atoms with van der Waals surface area (Å²) in [4.78, 5) is 2.32. The number of hydrogen-bond donors (Lipinski definition) is 0. The van der Waals surface area contributed by atoms with Gasteiger partial charge in [-0.3, -0.25) is 4.90 Å². The minimum atomic E-state index is 0.234.